The third-order valence-corrected chi connectivity index (χ3v) is 4.47. The first kappa shape index (κ1) is 17.6. The number of aromatic amines is 1. The second-order valence-electron chi connectivity index (χ2n) is 6.11. The summed E-state index contributed by atoms with van der Waals surface area (Å²) in [6.07, 6.45) is 7.47. The van der Waals surface area contributed by atoms with Gasteiger partial charge >= 0.3 is 0 Å². The molecule has 8 heteroatoms. The lowest BCUT2D eigenvalue weighted by molar-refractivity contribution is 0.143. The maximum absolute atomic E-state index is 4.53. The zero-order valence-corrected chi connectivity index (χ0v) is 14.9. The van der Waals surface area contributed by atoms with Gasteiger partial charge in [-0.25, -0.2) is 4.98 Å². The fourth-order valence-corrected chi connectivity index (χ4v) is 3.21. The summed E-state index contributed by atoms with van der Waals surface area (Å²) in [5.41, 5.74) is 3.07. The van der Waals surface area contributed by atoms with E-state index in [1.165, 1.54) is 0 Å². The van der Waals surface area contributed by atoms with Gasteiger partial charge in [0.15, 0.2) is 0 Å². The first-order valence-electron chi connectivity index (χ1n) is 8.18. The molecule has 1 aliphatic rings. The van der Waals surface area contributed by atoms with Gasteiger partial charge in [-0.3, -0.25) is 15.0 Å². The Bertz CT molecular complexity index is 798. The molecule has 4 heterocycles. The minimum atomic E-state index is 0. The van der Waals surface area contributed by atoms with Crippen LogP contribution < -0.4 is 5.32 Å². The highest BCUT2D eigenvalue weighted by molar-refractivity contribution is 5.85. The minimum Gasteiger partial charge on any atom is -0.337 e. The second kappa shape index (κ2) is 7.77. The van der Waals surface area contributed by atoms with Crippen molar-refractivity contribution in [1.29, 1.82) is 0 Å². The molecule has 1 aliphatic heterocycles. The number of rotatable bonds is 4. The number of aryl methyl sites for hydroxylation is 1. The molecule has 3 aromatic heterocycles. The highest BCUT2D eigenvalue weighted by Gasteiger charge is 2.27. The molecule has 0 bridgehead atoms. The Hall–Kier alpha value is -2.22. The summed E-state index contributed by atoms with van der Waals surface area (Å²) >= 11 is 0. The number of H-pyrrole nitrogens is 1. The average molecular weight is 360 g/mol. The topological polar surface area (TPSA) is 74.7 Å². The van der Waals surface area contributed by atoms with Crippen molar-refractivity contribution in [1.82, 2.24) is 34.9 Å². The average Bonchev–Trinajstić information content (AvgIpc) is 3.25. The molecule has 25 heavy (non-hydrogen) atoms. The molecular weight excluding hydrogens is 338 g/mol. The van der Waals surface area contributed by atoms with E-state index >= 15 is 0 Å². The van der Waals surface area contributed by atoms with E-state index in [9.17, 15) is 0 Å². The van der Waals surface area contributed by atoms with Crippen LogP contribution in [0.25, 0.3) is 11.3 Å². The predicted octanol–water partition coefficient (Wildman–Crippen LogP) is 1.77. The minimum absolute atomic E-state index is 0. The summed E-state index contributed by atoms with van der Waals surface area (Å²) in [5, 5.41) is 11.1. The largest absolute Gasteiger partial charge is 0.337 e. The monoisotopic (exact) mass is 359 g/mol. The molecule has 1 atom stereocenters. The van der Waals surface area contributed by atoms with Crippen molar-refractivity contribution < 1.29 is 0 Å². The summed E-state index contributed by atoms with van der Waals surface area (Å²) in [7, 11) is 2.05. The number of imidazole rings is 1. The molecule has 0 spiro atoms. The van der Waals surface area contributed by atoms with Gasteiger partial charge in [-0.15, -0.1) is 12.4 Å². The number of nitrogens with zero attached hydrogens (tertiary/aromatic N) is 5. The summed E-state index contributed by atoms with van der Waals surface area (Å²) in [5.74, 6) is 1.09. The molecule has 0 aliphatic carbocycles. The number of halogens is 1. The third kappa shape index (κ3) is 3.73. The van der Waals surface area contributed by atoms with Gasteiger partial charge in [-0.1, -0.05) is 0 Å². The van der Waals surface area contributed by atoms with Gasteiger partial charge in [0.1, 0.15) is 5.82 Å². The first-order chi connectivity index (χ1) is 11.8. The van der Waals surface area contributed by atoms with E-state index in [1.807, 2.05) is 37.8 Å². The summed E-state index contributed by atoms with van der Waals surface area (Å²) in [6.45, 7) is 3.71. The van der Waals surface area contributed by atoms with Crippen molar-refractivity contribution in [3.63, 3.8) is 0 Å². The molecular formula is C17H22ClN7. The molecule has 0 saturated carbocycles. The Labute approximate surface area is 152 Å². The molecule has 1 unspecified atom stereocenters. The number of piperazine rings is 1. The maximum atomic E-state index is 4.53. The molecule has 132 valence electrons. The van der Waals surface area contributed by atoms with E-state index in [4.69, 9.17) is 0 Å². The smallest absolute Gasteiger partial charge is 0.127 e. The van der Waals surface area contributed by atoms with Crippen LogP contribution in [0.15, 0.2) is 43.0 Å². The Balaban J connectivity index is 0.00000182. The first-order valence-corrected chi connectivity index (χ1v) is 8.18. The van der Waals surface area contributed by atoms with Crippen molar-refractivity contribution >= 4 is 12.4 Å². The second-order valence-corrected chi connectivity index (χ2v) is 6.11. The molecule has 0 aromatic carbocycles. The Morgan fingerprint density at radius 2 is 2.24 bits per heavy atom. The van der Waals surface area contributed by atoms with Crippen LogP contribution in [0.3, 0.4) is 0 Å². The summed E-state index contributed by atoms with van der Waals surface area (Å²) in [6, 6.07) is 6.32. The van der Waals surface area contributed by atoms with Crippen LogP contribution in [0.5, 0.6) is 0 Å². The normalized spacial score (nSPS) is 18.0. The van der Waals surface area contributed by atoms with Crippen molar-refractivity contribution in [2.45, 2.75) is 12.6 Å². The summed E-state index contributed by atoms with van der Waals surface area (Å²) in [4.78, 5) is 11.1. The number of nitrogens with one attached hydrogen (secondary N) is 2. The van der Waals surface area contributed by atoms with Gasteiger partial charge < -0.3 is 9.88 Å². The van der Waals surface area contributed by atoms with Crippen molar-refractivity contribution in [3.05, 3.63) is 54.5 Å². The van der Waals surface area contributed by atoms with Crippen LogP contribution in [0.4, 0.5) is 0 Å². The third-order valence-electron chi connectivity index (χ3n) is 4.47. The van der Waals surface area contributed by atoms with E-state index in [2.05, 4.69) is 41.0 Å². The number of aromatic nitrogens is 5. The molecule has 3 aromatic rings. The van der Waals surface area contributed by atoms with E-state index in [1.54, 1.807) is 6.20 Å². The lowest BCUT2D eigenvalue weighted by Gasteiger charge is -2.35. The maximum Gasteiger partial charge on any atom is 0.127 e. The van der Waals surface area contributed by atoms with Crippen LogP contribution in [-0.2, 0) is 13.6 Å². The lowest BCUT2D eigenvalue weighted by atomic mass is 10.1. The zero-order valence-electron chi connectivity index (χ0n) is 14.1. The molecule has 7 nitrogen and oxygen atoms in total. The highest BCUT2D eigenvalue weighted by atomic mass is 35.5. The standard InChI is InChI=1S/C17H21N7.ClH/c1-23-7-6-20-17(23)16-11-19-5-8-24(16)12-14-9-15(22-21-14)13-3-2-4-18-10-13;/h2-4,6-7,9-10,16,19H,5,8,11-12H2,1H3,(H,21,22);1H. The number of hydrogen-bond acceptors (Lipinski definition) is 5. The summed E-state index contributed by atoms with van der Waals surface area (Å²) < 4.78 is 2.10. The van der Waals surface area contributed by atoms with Crippen LogP contribution >= 0.6 is 12.4 Å². The molecule has 1 saturated heterocycles. The van der Waals surface area contributed by atoms with Gasteiger partial charge in [0.2, 0.25) is 0 Å². The number of pyridine rings is 1. The molecule has 0 amide bonds. The Morgan fingerprint density at radius 1 is 1.32 bits per heavy atom. The highest BCUT2D eigenvalue weighted by Crippen LogP contribution is 2.23. The van der Waals surface area contributed by atoms with Gasteiger partial charge in [0.05, 0.1) is 11.7 Å². The SMILES string of the molecule is Cl.Cn1ccnc1C1CNCCN1Cc1cc(-c2cccnc2)n[nH]1. The quantitative estimate of drug-likeness (QED) is 0.742. The Morgan fingerprint density at radius 3 is 3.00 bits per heavy atom. The van der Waals surface area contributed by atoms with E-state index in [0.717, 1.165) is 49.0 Å². The molecule has 0 radical (unpaired) electrons. The fraction of sp³-hybridized carbons (Fsp3) is 0.353. The lowest BCUT2D eigenvalue weighted by Crippen LogP contribution is -2.46. The van der Waals surface area contributed by atoms with Gasteiger partial charge in [-0.2, -0.15) is 5.10 Å². The van der Waals surface area contributed by atoms with Crippen molar-refractivity contribution in [3.8, 4) is 11.3 Å². The van der Waals surface area contributed by atoms with Gasteiger partial charge in [0, 0.05) is 69.3 Å². The predicted molar refractivity (Wildman–Crippen MR) is 98.3 cm³/mol. The van der Waals surface area contributed by atoms with Crippen LogP contribution in [0.1, 0.15) is 17.6 Å². The zero-order chi connectivity index (χ0) is 16.4. The van der Waals surface area contributed by atoms with Gasteiger partial charge in [0.25, 0.3) is 0 Å². The number of hydrogen-bond donors (Lipinski definition) is 2. The van der Waals surface area contributed by atoms with Crippen LogP contribution in [-0.4, -0.2) is 49.3 Å². The molecule has 4 rings (SSSR count). The van der Waals surface area contributed by atoms with Crippen molar-refractivity contribution in [2.75, 3.05) is 19.6 Å². The van der Waals surface area contributed by atoms with Crippen LogP contribution in [0, 0.1) is 0 Å². The molecule has 1 fully saturated rings. The van der Waals surface area contributed by atoms with Crippen molar-refractivity contribution in [2.24, 2.45) is 7.05 Å². The fourth-order valence-electron chi connectivity index (χ4n) is 3.21. The van der Waals surface area contributed by atoms with E-state index < -0.39 is 0 Å². The van der Waals surface area contributed by atoms with Gasteiger partial charge in [-0.05, 0) is 18.2 Å². The van der Waals surface area contributed by atoms with E-state index in [-0.39, 0.29) is 18.4 Å². The Kier molecular flexibility index (Phi) is 5.47. The van der Waals surface area contributed by atoms with Crippen LogP contribution in [0.2, 0.25) is 0 Å². The molecule has 2 N–H and O–H groups in total. The van der Waals surface area contributed by atoms with E-state index in [0.29, 0.717) is 0 Å².